The Bertz CT molecular complexity index is 341. The minimum Gasteiger partial charge on any atom is -0.353 e. The first-order valence-corrected chi connectivity index (χ1v) is 8.79. The zero-order valence-electron chi connectivity index (χ0n) is 13.4. The number of nitrogens with one attached hydrogen (secondary N) is 1. The number of hydrogen-bond acceptors (Lipinski definition) is 2. The largest absolute Gasteiger partial charge is 0.353 e. The van der Waals surface area contributed by atoms with E-state index in [4.69, 9.17) is 0 Å². The number of piperidine rings is 1. The molecule has 2 amide bonds. The summed E-state index contributed by atoms with van der Waals surface area (Å²) in [6, 6.07) is 0.389. The highest BCUT2D eigenvalue weighted by atomic mass is 16.2. The van der Waals surface area contributed by atoms with Crippen LogP contribution < -0.4 is 5.32 Å². The second kappa shape index (κ2) is 8.40. The normalized spacial score (nSPS) is 21.9. The maximum Gasteiger partial charge on any atom is 0.223 e. The fourth-order valence-electron chi connectivity index (χ4n) is 3.51. The van der Waals surface area contributed by atoms with E-state index in [1.807, 2.05) is 11.8 Å². The third kappa shape index (κ3) is 5.01. The summed E-state index contributed by atoms with van der Waals surface area (Å²) < 4.78 is 0. The van der Waals surface area contributed by atoms with Gasteiger partial charge >= 0.3 is 0 Å². The molecule has 0 bridgehead atoms. The van der Waals surface area contributed by atoms with E-state index in [-0.39, 0.29) is 17.7 Å². The van der Waals surface area contributed by atoms with Crippen LogP contribution in [0.2, 0.25) is 0 Å². The minimum atomic E-state index is 0.110. The van der Waals surface area contributed by atoms with Gasteiger partial charge in [0.15, 0.2) is 0 Å². The number of carbonyl (C=O) groups excluding carboxylic acids is 2. The highest BCUT2D eigenvalue weighted by Crippen LogP contribution is 2.21. The Morgan fingerprint density at radius 2 is 1.62 bits per heavy atom. The molecule has 1 aliphatic carbocycles. The summed E-state index contributed by atoms with van der Waals surface area (Å²) in [6.45, 7) is 3.54. The molecule has 2 aliphatic rings. The third-order valence-corrected chi connectivity index (χ3v) is 4.88. The summed E-state index contributed by atoms with van der Waals surface area (Å²) in [7, 11) is 0. The van der Waals surface area contributed by atoms with Crippen LogP contribution in [0.4, 0.5) is 0 Å². The summed E-state index contributed by atoms with van der Waals surface area (Å²) in [5.74, 6) is 0.587. The molecule has 0 atom stereocenters. The molecule has 0 aromatic heterocycles. The van der Waals surface area contributed by atoms with Crippen molar-refractivity contribution in [1.82, 2.24) is 10.2 Å². The van der Waals surface area contributed by atoms with Crippen molar-refractivity contribution >= 4 is 11.8 Å². The number of likely N-dealkylation sites (tertiary alicyclic amines) is 1. The van der Waals surface area contributed by atoms with Crippen LogP contribution >= 0.6 is 0 Å². The van der Waals surface area contributed by atoms with Crippen molar-refractivity contribution in [3.63, 3.8) is 0 Å². The summed E-state index contributed by atoms with van der Waals surface area (Å²) >= 11 is 0. The minimum absolute atomic E-state index is 0.110. The highest BCUT2D eigenvalue weighted by molar-refractivity contribution is 5.80. The van der Waals surface area contributed by atoms with Crippen molar-refractivity contribution < 1.29 is 9.59 Å². The Labute approximate surface area is 128 Å². The molecule has 0 aromatic rings. The van der Waals surface area contributed by atoms with Crippen molar-refractivity contribution in [1.29, 1.82) is 0 Å². The van der Waals surface area contributed by atoms with Crippen LogP contribution in [-0.4, -0.2) is 35.8 Å². The van der Waals surface area contributed by atoms with Crippen LogP contribution in [0.1, 0.15) is 71.1 Å². The van der Waals surface area contributed by atoms with Gasteiger partial charge in [0.2, 0.25) is 11.8 Å². The molecular weight excluding hydrogens is 264 g/mol. The molecule has 21 heavy (non-hydrogen) atoms. The average Bonchev–Trinajstić information content (AvgIpc) is 2.76. The fourth-order valence-corrected chi connectivity index (χ4v) is 3.51. The van der Waals surface area contributed by atoms with E-state index < -0.39 is 0 Å². The summed E-state index contributed by atoms with van der Waals surface area (Å²) in [5.41, 5.74) is 0. The van der Waals surface area contributed by atoms with Crippen molar-refractivity contribution in [3.8, 4) is 0 Å². The van der Waals surface area contributed by atoms with Gasteiger partial charge in [0, 0.05) is 31.5 Å². The summed E-state index contributed by atoms with van der Waals surface area (Å²) in [5, 5.41) is 3.26. The third-order valence-electron chi connectivity index (χ3n) is 4.88. The van der Waals surface area contributed by atoms with Crippen molar-refractivity contribution in [2.75, 3.05) is 13.1 Å². The van der Waals surface area contributed by atoms with Gasteiger partial charge in [-0.15, -0.1) is 0 Å². The van der Waals surface area contributed by atoms with E-state index in [1.165, 1.54) is 25.7 Å². The average molecular weight is 294 g/mol. The summed E-state index contributed by atoms with van der Waals surface area (Å²) in [6.07, 6.45) is 10.6. The molecule has 1 N–H and O–H groups in total. The van der Waals surface area contributed by atoms with Gasteiger partial charge in [0.1, 0.15) is 0 Å². The second-order valence-corrected chi connectivity index (χ2v) is 6.60. The fraction of sp³-hybridized carbons (Fsp3) is 0.882. The van der Waals surface area contributed by atoms with E-state index in [1.54, 1.807) is 0 Å². The Kier molecular flexibility index (Phi) is 6.52. The Morgan fingerprint density at radius 3 is 2.19 bits per heavy atom. The molecule has 1 saturated carbocycles. The first-order valence-electron chi connectivity index (χ1n) is 8.79. The molecule has 1 aliphatic heterocycles. The summed E-state index contributed by atoms with van der Waals surface area (Å²) in [4.78, 5) is 26.2. The van der Waals surface area contributed by atoms with E-state index in [2.05, 4.69) is 5.32 Å². The number of amides is 2. The molecular formula is C17H30N2O2. The van der Waals surface area contributed by atoms with Crippen molar-refractivity contribution in [3.05, 3.63) is 0 Å². The number of nitrogens with zero attached hydrogens (tertiary/aromatic N) is 1. The lowest BCUT2D eigenvalue weighted by molar-refractivity contribution is -0.135. The predicted molar refractivity (Wildman–Crippen MR) is 83.8 cm³/mol. The van der Waals surface area contributed by atoms with E-state index >= 15 is 0 Å². The van der Waals surface area contributed by atoms with Crippen LogP contribution in [-0.2, 0) is 9.59 Å². The standard InChI is InChI=1S/C17H30N2O2/c1-2-7-16(20)19-12-10-14(11-13-19)17(21)18-15-8-5-3-4-6-9-15/h14-15H,2-13H2,1H3,(H,18,21). The molecule has 4 nitrogen and oxygen atoms in total. The monoisotopic (exact) mass is 294 g/mol. The SMILES string of the molecule is CCCC(=O)N1CCC(C(=O)NC2CCCCCC2)CC1. The molecule has 2 fully saturated rings. The van der Waals surface area contributed by atoms with Gasteiger partial charge in [-0.1, -0.05) is 32.6 Å². The van der Waals surface area contributed by atoms with Gasteiger partial charge in [-0.25, -0.2) is 0 Å². The van der Waals surface area contributed by atoms with Crippen LogP contribution in [0, 0.1) is 5.92 Å². The zero-order chi connectivity index (χ0) is 15.1. The van der Waals surface area contributed by atoms with Gasteiger partial charge in [-0.3, -0.25) is 9.59 Å². The van der Waals surface area contributed by atoms with Gasteiger partial charge in [0.25, 0.3) is 0 Å². The molecule has 0 unspecified atom stereocenters. The zero-order valence-corrected chi connectivity index (χ0v) is 13.4. The predicted octanol–water partition coefficient (Wildman–Crippen LogP) is 2.86. The number of rotatable bonds is 4. The molecule has 1 saturated heterocycles. The molecule has 0 aromatic carbocycles. The van der Waals surface area contributed by atoms with E-state index in [0.29, 0.717) is 12.5 Å². The molecule has 0 radical (unpaired) electrons. The van der Waals surface area contributed by atoms with Crippen LogP contribution in [0.3, 0.4) is 0 Å². The first-order chi connectivity index (χ1) is 10.2. The van der Waals surface area contributed by atoms with Crippen LogP contribution in [0.25, 0.3) is 0 Å². The number of carbonyl (C=O) groups is 2. The first kappa shape index (κ1) is 16.3. The molecule has 0 spiro atoms. The van der Waals surface area contributed by atoms with Gasteiger partial charge in [0.05, 0.1) is 0 Å². The molecule has 1 heterocycles. The van der Waals surface area contributed by atoms with Gasteiger partial charge in [-0.2, -0.15) is 0 Å². The Hall–Kier alpha value is -1.06. The molecule has 2 rings (SSSR count). The highest BCUT2D eigenvalue weighted by Gasteiger charge is 2.28. The maximum absolute atomic E-state index is 12.4. The van der Waals surface area contributed by atoms with Crippen LogP contribution in [0.15, 0.2) is 0 Å². The van der Waals surface area contributed by atoms with Gasteiger partial charge < -0.3 is 10.2 Å². The smallest absolute Gasteiger partial charge is 0.223 e. The number of hydrogen-bond donors (Lipinski definition) is 1. The molecule has 120 valence electrons. The Morgan fingerprint density at radius 1 is 1.00 bits per heavy atom. The van der Waals surface area contributed by atoms with Crippen molar-refractivity contribution in [2.45, 2.75) is 77.2 Å². The van der Waals surface area contributed by atoms with E-state index in [9.17, 15) is 9.59 Å². The topological polar surface area (TPSA) is 49.4 Å². The van der Waals surface area contributed by atoms with Crippen LogP contribution in [0.5, 0.6) is 0 Å². The lowest BCUT2D eigenvalue weighted by Crippen LogP contribution is -2.45. The van der Waals surface area contributed by atoms with E-state index in [0.717, 1.165) is 45.2 Å². The Balaban J connectivity index is 1.73. The maximum atomic E-state index is 12.4. The van der Waals surface area contributed by atoms with Crippen molar-refractivity contribution in [2.24, 2.45) is 5.92 Å². The lowest BCUT2D eigenvalue weighted by atomic mass is 9.94. The molecule has 4 heteroatoms. The lowest BCUT2D eigenvalue weighted by Gasteiger charge is -2.32. The second-order valence-electron chi connectivity index (χ2n) is 6.60. The van der Waals surface area contributed by atoms with Gasteiger partial charge in [-0.05, 0) is 32.1 Å². The quantitative estimate of drug-likeness (QED) is 0.811.